The molecule has 4 heteroatoms. The third-order valence-corrected chi connectivity index (χ3v) is 4.57. The van der Waals surface area contributed by atoms with Crippen LogP contribution in [0, 0.1) is 13.8 Å². The third-order valence-electron chi connectivity index (χ3n) is 4.57. The van der Waals surface area contributed by atoms with Crippen molar-refractivity contribution in [1.29, 1.82) is 0 Å². The van der Waals surface area contributed by atoms with Crippen molar-refractivity contribution in [2.75, 3.05) is 0 Å². The molecule has 0 aliphatic heterocycles. The molecule has 3 rings (SSSR count). The minimum Gasteiger partial charge on any atom is -0.326 e. The molecule has 1 aliphatic rings. The van der Waals surface area contributed by atoms with Crippen LogP contribution in [0.3, 0.4) is 0 Å². The number of rotatable bonds is 3. The average Bonchev–Trinajstić information content (AvgIpc) is 2.80. The molecule has 2 aromatic rings. The Bertz CT molecular complexity index is 670. The first-order valence-corrected chi connectivity index (χ1v) is 7.92. The molecule has 0 bridgehead atoms. The van der Waals surface area contributed by atoms with Crippen LogP contribution < -0.4 is 5.73 Å². The fourth-order valence-electron chi connectivity index (χ4n) is 3.40. The van der Waals surface area contributed by atoms with E-state index >= 15 is 0 Å². The van der Waals surface area contributed by atoms with Crippen molar-refractivity contribution in [1.82, 2.24) is 14.8 Å². The molecule has 1 aliphatic carbocycles. The van der Waals surface area contributed by atoms with E-state index in [9.17, 15) is 0 Å². The summed E-state index contributed by atoms with van der Waals surface area (Å²) in [4.78, 5) is 4.92. The van der Waals surface area contributed by atoms with Crippen LogP contribution in [-0.4, -0.2) is 14.8 Å². The Morgan fingerprint density at radius 2 is 2.00 bits per heavy atom. The van der Waals surface area contributed by atoms with Gasteiger partial charge in [0.15, 0.2) is 5.82 Å². The summed E-state index contributed by atoms with van der Waals surface area (Å²) in [6.07, 6.45) is 5.71. The molecule has 2 N–H and O–H groups in total. The molecule has 0 fully saturated rings. The van der Waals surface area contributed by atoms with E-state index in [1.54, 1.807) is 0 Å². The predicted molar refractivity (Wildman–Crippen MR) is 84.7 cm³/mol. The van der Waals surface area contributed by atoms with Gasteiger partial charge in [-0.25, -0.2) is 9.67 Å². The Balaban J connectivity index is 2.17. The van der Waals surface area contributed by atoms with Crippen molar-refractivity contribution in [3.8, 4) is 5.82 Å². The second-order valence-corrected chi connectivity index (χ2v) is 5.90. The van der Waals surface area contributed by atoms with Crippen molar-refractivity contribution in [2.45, 2.75) is 59.4 Å². The fourth-order valence-corrected chi connectivity index (χ4v) is 3.40. The highest BCUT2D eigenvalue weighted by Crippen LogP contribution is 2.25. The zero-order valence-electron chi connectivity index (χ0n) is 13.2. The van der Waals surface area contributed by atoms with E-state index in [0.29, 0.717) is 6.54 Å². The molecule has 112 valence electrons. The van der Waals surface area contributed by atoms with E-state index in [1.165, 1.54) is 35.4 Å². The smallest absolute Gasteiger partial charge is 0.158 e. The SMILES string of the molecule is CCc1c(C)nn(-c2nc3c(cc2CN)CCCC3)c1C. The van der Waals surface area contributed by atoms with Gasteiger partial charge in [0.05, 0.1) is 5.69 Å². The van der Waals surface area contributed by atoms with Crippen LogP contribution in [0.25, 0.3) is 5.82 Å². The van der Waals surface area contributed by atoms with E-state index in [0.717, 1.165) is 36.3 Å². The van der Waals surface area contributed by atoms with E-state index in [2.05, 4.69) is 26.8 Å². The first-order chi connectivity index (χ1) is 10.2. The summed E-state index contributed by atoms with van der Waals surface area (Å²) in [5.74, 6) is 0.929. The number of pyridine rings is 1. The number of aryl methyl sites for hydroxylation is 3. The van der Waals surface area contributed by atoms with Crippen LogP contribution in [0.4, 0.5) is 0 Å². The fraction of sp³-hybridized carbons (Fsp3) is 0.529. The molecule has 0 amide bonds. The summed E-state index contributed by atoms with van der Waals surface area (Å²) < 4.78 is 1.99. The summed E-state index contributed by atoms with van der Waals surface area (Å²) in [5.41, 5.74) is 13.3. The number of nitrogens with two attached hydrogens (primary N) is 1. The Morgan fingerprint density at radius 1 is 1.24 bits per heavy atom. The highest BCUT2D eigenvalue weighted by Gasteiger charge is 2.19. The molecule has 0 saturated heterocycles. The summed E-state index contributed by atoms with van der Waals surface area (Å²) in [7, 11) is 0. The topological polar surface area (TPSA) is 56.7 Å². The maximum absolute atomic E-state index is 5.97. The summed E-state index contributed by atoms with van der Waals surface area (Å²) >= 11 is 0. The van der Waals surface area contributed by atoms with Crippen molar-refractivity contribution >= 4 is 0 Å². The zero-order valence-corrected chi connectivity index (χ0v) is 13.2. The summed E-state index contributed by atoms with van der Waals surface area (Å²) in [5, 5.41) is 4.71. The Hall–Kier alpha value is -1.68. The van der Waals surface area contributed by atoms with Gasteiger partial charge in [0, 0.05) is 23.5 Å². The highest BCUT2D eigenvalue weighted by molar-refractivity contribution is 5.42. The van der Waals surface area contributed by atoms with Crippen molar-refractivity contribution in [3.05, 3.63) is 39.8 Å². The van der Waals surface area contributed by atoms with Gasteiger partial charge in [-0.15, -0.1) is 0 Å². The van der Waals surface area contributed by atoms with Crippen molar-refractivity contribution in [3.63, 3.8) is 0 Å². The average molecular weight is 284 g/mol. The highest BCUT2D eigenvalue weighted by atomic mass is 15.3. The minimum absolute atomic E-state index is 0.509. The molecule has 21 heavy (non-hydrogen) atoms. The number of aromatic nitrogens is 3. The van der Waals surface area contributed by atoms with Gasteiger partial charge >= 0.3 is 0 Å². The third kappa shape index (κ3) is 2.38. The van der Waals surface area contributed by atoms with Crippen LogP contribution in [-0.2, 0) is 25.8 Å². The lowest BCUT2D eigenvalue weighted by Crippen LogP contribution is -2.15. The van der Waals surface area contributed by atoms with Gasteiger partial charge < -0.3 is 5.73 Å². The molecule has 0 atom stereocenters. The van der Waals surface area contributed by atoms with Gasteiger partial charge in [-0.05, 0) is 63.1 Å². The molecule has 0 radical (unpaired) electrons. The van der Waals surface area contributed by atoms with Crippen LogP contribution in [0.5, 0.6) is 0 Å². The quantitative estimate of drug-likeness (QED) is 0.943. The minimum atomic E-state index is 0.509. The number of nitrogens with zero attached hydrogens (tertiary/aromatic N) is 3. The monoisotopic (exact) mass is 284 g/mol. The molecule has 0 aromatic carbocycles. The largest absolute Gasteiger partial charge is 0.326 e. The number of hydrogen-bond acceptors (Lipinski definition) is 3. The molecule has 2 heterocycles. The van der Waals surface area contributed by atoms with E-state index < -0.39 is 0 Å². The normalized spacial score (nSPS) is 14.3. The van der Waals surface area contributed by atoms with Crippen LogP contribution in [0.2, 0.25) is 0 Å². The predicted octanol–water partition coefficient (Wildman–Crippen LogP) is 2.78. The molecule has 0 unspecified atom stereocenters. The van der Waals surface area contributed by atoms with Gasteiger partial charge in [-0.2, -0.15) is 5.10 Å². The van der Waals surface area contributed by atoms with Crippen molar-refractivity contribution in [2.24, 2.45) is 5.73 Å². The van der Waals surface area contributed by atoms with Gasteiger partial charge in [0.1, 0.15) is 0 Å². The van der Waals surface area contributed by atoms with E-state index in [-0.39, 0.29) is 0 Å². The molecular weight excluding hydrogens is 260 g/mol. The van der Waals surface area contributed by atoms with Crippen molar-refractivity contribution < 1.29 is 0 Å². The molecule has 2 aromatic heterocycles. The second-order valence-electron chi connectivity index (χ2n) is 5.90. The first kappa shape index (κ1) is 14.3. The molecule has 4 nitrogen and oxygen atoms in total. The number of hydrogen-bond donors (Lipinski definition) is 1. The van der Waals surface area contributed by atoms with E-state index in [4.69, 9.17) is 15.8 Å². The Kier molecular flexibility index (Phi) is 3.81. The maximum Gasteiger partial charge on any atom is 0.158 e. The molecular formula is C17H24N4. The first-order valence-electron chi connectivity index (χ1n) is 7.92. The summed E-state index contributed by atoms with van der Waals surface area (Å²) in [6.45, 7) is 6.88. The lowest BCUT2D eigenvalue weighted by atomic mass is 9.94. The van der Waals surface area contributed by atoms with Gasteiger partial charge in [0.2, 0.25) is 0 Å². The van der Waals surface area contributed by atoms with Gasteiger partial charge in [-0.3, -0.25) is 0 Å². The van der Waals surface area contributed by atoms with Crippen LogP contribution >= 0.6 is 0 Å². The Labute approximate surface area is 126 Å². The lowest BCUT2D eigenvalue weighted by Gasteiger charge is -2.18. The van der Waals surface area contributed by atoms with Crippen LogP contribution in [0.1, 0.15) is 53.5 Å². The zero-order chi connectivity index (χ0) is 15.0. The standard InChI is InChI=1S/C17H24N4/c1-4-15-11(2)20-21(12(15)3)17-14(10-18)9-13-7-5-6-8-16(13)19-17/h9H,4-8,10,18H2,1-3H3. The van der Waals surface area contributed by atoms with Crippen LogP contribution in [0.15, 0.2) is 6.07 Å². The van der Waals surface area contributed by atoms with E-state index in [1.807, 2.05) is 4.68 Å². The second kappa shape index (κ2) is 5.60. The summed E-state index contributed by atoms with van der Waals surface area (Å²) in [6, 6.07) is 2.25. The lowest BCUT2D eigenvalue weighted by molar-refractivity contribution is 0.656. The number of fused-ring (bicyclic) bond motifs is 1. The molecule has 0 spiro atoms. The Morgan fingerprint density at radius 3 is 2.67 bits per heavy atom. The maximum atomic E-state index is 5.97. The molecule has 0 saturated carbocycles. The van der Waals surface area contributed by atoms with Gasteiger partial charge in [-0.1, -0.05) is 6.92 Å². The van der Waals surface area contributed by atoms with Gasteiger partial charge in [0.25, 0.3) is 0 Å².